The largest absolute Gasteiger partial charge is 0.484 e. The van der Waals surface area contributed by atoms with Gasteiger partial charge in [0.15, 0.2) is 6.61 Å². The van der Waals surface area contributed by atoms with Crippen LogP contribution in [0.3, 0.4) is 0 Å². The highest BCUT2D eigenvalue weighted by Crippen LogP contribution is 2.40. The molecule has 3 fully saturated rings. The first-order chi connectivity index (χ1) is 22.6. The molecule has 3 atom stereocenters. The standard InChI is InChI=1S/C33H42N6O8/c1-20-31(44)39-11-3-6-26(39)30(43)36-25(17-40)29(42)34-19-33(16-21-4-2-5-23(14-21)46-18-28(41)35-20)9-12-38(13-10-33)32(45)27-15-24(37-47-27)22-7-8-22/h2,4-5,14-15,20,22,25-26,40H,3,6-13,16-19H2,1H3,(H,34,42)(H,35,41)(H,36,43)/t20-,25-,26-/m0/s1. The zero-order valence-corrected chi connectivity index (χ0v) is 26.5. The molecule has 0 radical (unpaired) electrons. The molecule has 4 aliphatic rings. The van der Waals surface area contributed by atoms with E-state index in [-0.39, 0.29) is 24.8 Å². The fourth-order valence-electron chi connectivity index (χ4n) is 6.80. The van der Waals surface area contributed by atoms with Crippen molar-refractivity contribution in [2.45, 2.75) is 75.9 Å². The van der Waals surface area contributed by atoms with Crippen molar-refractivity contribution in [3.63, 3.8) is 0 Å². The van der Waals surface area contributed by atoms with Crippen LogP contribution in [0.1, 0.15) is 73.2 Å². The van der Waals surface area contributed by atoms with E-state index in [1.54, 1.807) is 24.0 Å². The van der Waals surface area contributed by atoms with E-state index >= 15 is 0 Å². The molecule has 1 spiro atoms. The number of piperidine rings is 1. The summed E-state index contributed by atoms with van der Waals surface area (Å²) in [6, 6.07) is 6.14. The quantitative estimate of drug-likeness (QED) is 0.368. The molecule has 47 heavy (non-hydrogen) atoms. The number of rotatable bonds is 3. The Hall–Kier alpha value is -4.46. The van der Waals surface area contributed by atoms with Crippen molar-refractivity contribution < 1.29 is 38.3 Å². The van der Waals surface area contributed by atoms with E-state index in [9.17, 15) is 29.1 Å². The van der Waals surface area contributed by atoms with E-state index in [1.165, 1.54) is 4.90 Å². The Bertz CT molecular complexity index is 1510. The van der Waals surface area contributed by atoms with E-state index in [2.05, 4.69) is 21.1 Å². The van der Waals surface area contributed by atoms with Crippen molar-refractivity contribution in [2.24, 2.45) is 5.41 Å². The van der Waals surface area contributed by atoms with Crippen LogP contribution in [0.15, 0.2) is 34.9 Å². The summed E-state index contributed by atoms with van der Waals surface area (Å²) in [5, 5.41) is 22.4. The van der Waals surface area contributed by atoms with Crippen LogP contribution < -0.4 is 20.7 Å². The Kier molecular flexibility index (Phi) is 9.48. The SMILES string of the molecule is C[C@@H]1NC(=O)COc2cccc(c2)CC2(CCN(C(=O)c3cc(C4CC4)no3)CC2)CNC(=O)[C@H](CO)NC(=O)[C@@H]2CCCN2C1=O. The van der Waals surface area contributed by atoms with E-state index in [0.717, 1.165) is 24.1 Å². The van der Waals surface area contributed by atoms with Crippen LogP contribution in [0.2, 0.25) is 0 Å². The van der Waals surface area contributed by atoms with Crippen molar-refractivity contribution >= 4 is 29.5 Å². The molecule has 1 aromatic carbocycles. The summed E-state index contributed by atoms with van der Waals surface area (Å²) in [6.45, 7) is 2.04. The lowest BCUT2D eigenvalue weighted by Gasteiger charge is -2.42. The first-order valence-electron chi connectivity index (χ1n) is 16.4. The lowest BCUT2D eigenvalue weighted by atomic mass is 9.73. The lowest BCUT2D eigenvalue weighted by Crippen LogP contribution is -2.57. The van der Waals surface area contributed by atoms with Gasteiger partial charge in [0.05, 0.1) is 12.3 Å². The second-order valence-corrected chi connectivity index (χ2v) is 13.2. The predicted molar refractivity (Wildman–Crippen MR) is 166 cm³/mol. The van der Waals surface area contributed by atoms with Gasteiger partial charge in [-0.3, -0.25) is 24.0 Å². The number of ether oxygens (including phenoxy) is 1. The van der Waals surface area contributed by atoms with Gasteiger partial charge in [0.25, 0.3) is 11.8 Å². The van der Waals surface area contributed by atoms with Crippen molar-refractivity contribution in [1.29, 1.82) is 0 Å². The molecular weight excluding hydrogens is 608 g/mol. The number of aliphatic hydroxyl groups excluding tert-OH is 1. The normalized spacial score (nSPS) is 25.9. The van der Waals surface area contributed by atoms with Gasteiger partial charge in [0, 0.05) is 38.2 Å². The molecule has 1 saturated carbocycles. The van der Waals surface area contributed by atoms with Crippen molar-refractivity contribution in [1.82, 2.24) is 30.9 Å². The number of hydrogen-bond donors (Lipinski definition) is 4. The monoisotopic (exact) mass is 650 g/mol. The second kappa shape index (κ2) is 13.7. The number of nitrogens with zero attached hydrogens (tertiary/aromatic N) is 3. The van der Waals surface area contributed by atoms with Gasteiger partial charge in [-0.1, -0.05) is 17.3 Å². The van der Waals surface area contributed by atoms with Gasteiger partial charge < -0.3 is 40.1 Å². The van der Waals surface area contributed by atoms with E-state index in [1.807, 2.05) is 18.2 Å². The third kappa shape index (κ3) is 7.42. The molecule has 3 aliphatic heterocycles. The highest BCUT2D eigenvalue weighted by atomic mass is 16.5. The average molecular weight is 651 g/mol. The molecular formula is C33H42N6O8. The van der Waals surface area contributed by atoms with Gasteiger partial charge in [-0.15, -0.1) is 0 Å². The first kappa shape index (κ1) is 32.5. The number of hydrogen-bond acceptors (Lipinski definition) is 9. The van der Waals surface area contributed by atoms with Crippen LogP contribution in [-0.2, 0) is 25.6 Å². The Labute approximate surface area is 272 Å². The van der Waals surface area contributed by atoms with E-state index < -0.39 is 53.8 Å². The molecule has 14 nitrogen and oxygen atoms in total. The number of aromatic nitrogens is 1. The smallest absolute Gasteiger partial charge is 0.292 e. The fourth-order valence-corrected chi connectivity index (χ4v) is 6.80. The van der Waals surface area contributed by atoms with Gasteiger partial charge in [0.1, 0.15) is 23.9 Å². The number of likely N-dealkylation sites (tertiary alicyclic amines) is 1. The summed E-state index contributed by atoms with van der Waals surface area (Å²) in [5.74, 6) is -1.12. The number of carbonyl (C=O) groups is 5. The summed E-state index contributed by atoms with van der Waals surface area (Å²) in [4.78, 5) is 69.0. The number of amides is 5. The minimum atomic E-state index is -1.22. The van der Waals surface area contributed by atoms with E-state index in [0.29, 0.717) is 63.4 Å². The van der Waals surface area contributed by atoms with Crippen molar-refractivity contribution in [3.05, 3.63) is 47.3 Å². The third-order valence-corrected chi connectivity index (χ3v) is 9.73. The topological polar surface area (TPSA) is 183 Å². The molecule has 1 aromatic heterocycles. The molecule has 2 saturated heterocycles. The van der Waals surface area contributed by atoms with Gasteiger partial charge in [-0.2, -0.15) is 0 Å². The Morgan fingerprint density at radius 3 is 2.57 bits per heavy atom. The van der Waals surface area contributed by atoms with E-state index in [4.69, 9.17) is 9.26 Å². The summed E-state index contributed by atoms with van der Waals surface area (Å²) in [6.07, 6.45) is 4.73. The maximum absolute atomic E-state index is 13.4. The second-order valence-electron chi connectivity index (χ2n) is 13.2. The first-order valence-corrected chi connectivity index (χ1v) is 16.4. The van der Waals surface area contributed by atoms with Crippen LogP contribution in [0.4, 0.5) is 0 Å². The molecule has 4 N–H and O–H groups in total. The molecule has 2 bridgehead atoms. The van der Waals surface area contributed by atoms with Crippen molar-refractivity contribution in [2.75, 3.05) is 39.4 Å². The van der Waals surface area contributed by atoms with Gasteiger partial charge >= 0.3 is 0 Å². The molecule has 252 valence electrons. The zero-order chi connectivity index (χ0) is 33.1. The minimum Gasteiger partial charge on any atom is -0.484 e. The summed E-state index contributed by atoms with van der Waals surface area (Å²) in [7, 11) is 0. The highest BCUT2D eigenvalue weighted by Gasteiger charge is 2.40. The maximum atomic E-state index is 13.4. The minimum absolute atomic E-state index is 0.218. The molecule has 6 rings (SSSR count). The summed E-state index contributed by atoms with van der Waals surface area (Å²) in [5.41, 5.74) is 1.26. The van der Waals surface area contributed by atoms with Crippen LogP contribution in [-0.4, -0.2) is 107 Å². The molecule has 14 heteroatoms. The Morgan fingerprint density at radius 1 is 1.04 bits per heavy atom. The number of benzene rings is 1. The molecule has 4 heterocycles. The van der Waals surface area contributed by atoms with Crippen molar-refractivity contribution in [3.8, 4) is 5.75 Å². The lowest BCUT2D eigenvalue weighted by molar-refractivity contribution is -0.142. The number of nitrogens with one attached hydrogen (secondary N) is 3. The highest BCUT2D eigenvalue weighted by molar-refractivity contribution is 5.95. The Morgan fingerprint density at radius 2 is 1.83 bits per heavy atom. The maximum Gasteiger partial charge on any atom is 0.292 e. The number of aliphatic hydroxyl groups is 1. The van der Waals surface area contributed by atoms with Crippen LogP contribution in [0.5, 0.6) is 5.75 Å². The molecule has 0 unspecified atom stereocenters. The van der Waals surface area contributed by atoms with Crippen LogP contribution in [0, 0.1) is 5.41 Å². The molecule has 5 amide bonds. The number of fused-ring (bicyclic) bond motifs is 3. The van der Waals surface area contributed by atoms with Gasteiger partial charge in [-0.05, 0) is 75.0 Å². The summed E-state index contributed by atoms with van der Waals surface area (Å²) >= 11 is 0. The zero-order valence-electron chi connectivity index (χ0n) is 26.5. The molecule has 1 aliphatic carbocycles. The fraction of sp³-hybridized carbons (Fsp3) is 0.576. The van der Waals surface area contributed by atoms with Crippen LogP contribution in [0.25, 0.3) is 0 Å². The third-order valence-electron chi connectivity index (χ3n) is 9.73. The molecule has 2 aromatic rings. The van der Waals surface area contributed by atoms with Gasteiger partial charge in [-0.25, -0.2) is 0 Å². The predicted octanol–water partition coefficient (Wildman–Crippen LogP) is 0.499. The number of carbonyl (C=O) groups excluding carboxylic acids is 5. The van der Waals surface area contributed by atoms with Gasteiger partial charge in [0.2, 0.25) is 23.5 Å². The summed E-state index contributed by atoms with van der Waals surface area (Å²) < 4.78 is 11.2. The Balaban J connectivity index is 1.21. The average Bonchev–Trinajstić information content (AvgIpc) is 3.58. The van der Waals surface area contributed by atoms with Crippen LogP contribution >= 0.6 is 0 Å².